The number of hydrogen-bond acceptors (Lipinski definition) is 4. The van der Waals surface area contributed by atoms with Crippen LogP contribution >= 0.6 is 0 Å². The number of nitrogens with zero attached hydrogens (tertiary/aromatic N) is 1. The van der Waals surface area contributed by atoms with Crippen molar-refractivity contribution in [2.75, 3.05) is 0 Å². The fourth-order valence-electron chi connectivity index (χ4n) is 4.95. The van der Waals surface area contributed by atoms with Crippen LogP contribution in [0.5, 0.6) is 0 Å². The summed E-state index contributed by atoms with van der Waals surface area (Å²) < 4.78 is 27.2. The van der Waals surface area contributed by atoms with E-state index in [0.29, 0.717) is 11.5 Å². The largest absolute Gasteiger partial charge is 0.269 e. The number of nitro benzene ring substituents is 1. The zero-order valence-corrected chi connectivity index (χ0v) is 26.1. The third-order valence-electron chi connectivity index (χ3n) is 7.96. The topological polar surface area (TPSA) is 77.3 Å². The lowest BCUT2D eigenvalue weighted by molar-refractivity contribution is -0.384. The summed E-state index contributed by atoms with van der Waals surface area (Å²) in [4.78, 5) is 10.8. The van der Waals surface area contributed by atoms with E-state index in [9.17, 15) is 18.5 Å². The van der Waals surface area contributed by atoms with Gasteiger partial charge in [-0.2, -0.15) is 0 Å². The molecule has 2 unspecified atom stereocenters. The molecule has 3 aromatic carbocycles. The Hall–Kier alpha value is -4.39. The van der Waals surface area contributed by atoms with Crippen molar-refractivity contribution in [3.63, 3.8) is 0 Å². The molecule has 0 aliphatic heterocycles. The van der Waals surface area contributed by atoms with Crippen LogP contribution in [-0.2, 0) is 15.3 Å². The zero-order valence-electron chi connectivity index (χ0n) is 25.3. The summed E-state index contributed by atoms with van der Waals surface area (Å²) in [5.74, 6) is 13.6. The van der Waals surface area contributed by atoms with Crippen LogP contribution in [-0.4, -0.2) is 13.3 Å². The number of rotatable bonds is 7. The van der Waals surface area contributed by atoms with Gasteiger partial charge in [0.05, 0.1) is 15.2 Å². The second-order valence-electron chi connectivity index (χ2n) is 12.0. The van der Waals surface area contributed by atoms with E-state index in [-0.39, 0.29) is 27.8 Å². The van der Waals surface area contributed by atoms with E-state index < -0.39 is 20.0 Å². The molecule has 0 fully saturated rings. The summed E-state index contributed by atoms with van der Waals surface area (Å²) in [7, 11) is -3.79. The average molecular weight is 592 g/mol. The first-order valence-corrected chi connectivity index (χ1v) is 15.9. The summed E-state index contributed by atoms with van der Waals surface area (Å²) in [6, 6.07) is 21.7. The van der Waals surface area contributed by atoms with Crippen molar-refractivity contribution in [2.45, 2.75) is 63.0 Å². The van der Waals surface area contributed by atoms with Crippen molar-refractivity contribution < 1.29 is 13.3 Å². The number of nitro groups is 1. The Morgan fingerprint density at radius 3 is 2.16 bits per heavy atom. The first-order chi connectivity index (χ1) is 20.3. The molecular formula is C37H37NO4S. The van der Waals surface area contributed by atoms with Gasteiger partial charge in [0, 0.05) is 29.5 Å². The van der Waals surface area contributed by atoms with Crippen LogP contribution < -0.4 is 0 Å². The maximum absolute atomic E-state index is 13.6. The second-order valence-corrected chi connectivity index (χ2v) is 14.2. The predicted octanol–water partition coefficient (Wildman–Crippen LogP) is 8.38. The SMILES string of the molecule is CC1=CCC(C(C)(C)C#CC(C)(C)c2ccc(C#CCC(c3ccc([N+](=O)[O-])cc3)S(=O)(=O)c3ccccc3)cc2)C=C1. The fraction of sp³-hybridized carbons (Fsp3) is 0.297. The van der Waals surface area contributed by atoms with Gasteiger partial charge < -0.3 is 0 Å². The highest BCUT2D eigenvalue weighted by atomic mass is 32.2. The van der Waals surface area contributed by atoms with Crippen molar-refractivity contribution in [2.24, 2.45) is 11.3 Å². The van der Waals surface area contributed by atoms with E-state index in [4.69, 9.17) is 0 Å². The van der Waals surface area contributed by atoms with E-state index in [0.717, 1.165) is 17.5 Å². The smallest absolute Gasteiger partial charge is 0.258 e. The molecule has 0 heterocycles. The summed E-state index contributed by atoms with van der Waals surface area (Å²) in [6.07, 6.45) is 7.74. The number of allylic oxidation sites excluding steroid dienone is 4. The Kier molecular flexibility index (Phi) is 9.43. The molecule has 0 amide bonds. The van der Waals surface area contributed by atoms with Crippen LogP contribution in [0, 0.1) is 45.1 Å². The van der Waals surface area contributed by atoms with Crippen LogP contribution in [0.15, 0.2) is 108 Å². The van der Waals surface area contributed by atoms with E-state index in [2.05, 4.69) is 76.5 Å². The lowest BCUT2D eigenvalue weighted by atomic mass is 9.74. The van der Waals surface area contributed by atoms with Crippen LogP contribution in [0.2, 0.25) is 0 Å². The molecule has 43 heavy (non-hydrogen) atoms. The molecule has 5 nitrogen and oxygen atoms in total. The highest BCUT2D eigenvalue weighted by Gasteiger charge is 2.29. The Morgan fingerprint density at radius 1 is 0.930 bits per heavy atom. The summed E-state index contributed by atoms with van der Waals surface area (Å²) >= 11 is 0. The minimum absolute atomic E-state index is 0.0349. The monoisotopic (exact) mass is 591 g/mol. The Labute approximate surface area is 255 Å². The number of non-ortho nitro benzene ring substituents is 1. The van der Waals surface area contributed by atoms with Gasteiger partial charge in [-0.3, -0.25) is 10.1 Å². The van der Waals surface area contributed by atoms with Gasteiger partial charge in [-0.1, -0.05) is 89.9 Å². The standard InChI is InChI=1S/C37H37NO4S/c1-28-14-20-31(21-15-28)36(2,3)26-27-37(4,5)32-22-16-29(17-23-32)10-9-13-35(30-18-24-33(25-19-30)38(39)40)43(41,42)34-11-7-6-8-12-34/h6-8,11-12,14-20,22-25,31,35H,13,21H2,1-5H3. The van der Waals surface area contributed by atoms with Crippen molar-refractivity contribution in [1.82, 2.24) is 0 Å². The van der Waals surface area contributed by atoms with Gasteiger partial charge in [-0.05, 0) is 82.3 Å². The van der Waals surface area contributed by atoms with E-state index in [1.165, 1.54) is 29.8 Å². The predicted molar refractivity (Wildman–Crippen MR) is 173 cm³/mol. The van der Waals surface area contributed by atoms with Crippen LogP contribution in [0.4, 0.5) is 5.69 Å². The third-order valence-corrected chi connectivity index (χ3v) is 10.1. The average Bonchev–Trinajstić information content (AvgIpc) is 2.99. The van der Waals surface area contributed by atoms with Crippen molar-refractivity contribution >= 4 is 15.5 Å². The fourth-order valence-corrected chi connectivity index (χ4v) is 6.64. The molecule has 220 valence electrons. The molecule has 0 radical (unpaired) electrons. The molecule has 0 bridgehead atoms. The lowest BCUT2D eigenvalue weighted by Crippen LogP contribution is -2.23. The molecule has 1 aliphatic carbocycles. The molecule has 6 heteroatoms. The Bertz CT molecular complexity index is 1760. The first kappa shape index (κ1) is 31.5. The van der Waals surface area contributed by atoms with Crippen LogP contribution in [0.1, 0.15) is 69.4 Å². The molecule has 3 aromatic rings. The lowest BCUT2D eigenvalue weighted by Gasteiger charge is -2.29. The molecule has 0 N–H and O–H groups in total. The molecular weight excluding hydrogens is 554 g/mol. The highest BCUT2D eigenvalue weighted by Crippen LogP contribution is 2.35. The highest BCUT2D eigenvalue weighted by molar-refractivity contribution is 7.91. The first-order valence-electron chi connectivity index (χ1n) is 14.3. The third kappa shape index (κ3) is 7.72. The molecule has 0 aromatic heterocycles. The Balaban J connectivity index is 1.54. The minimum atomic E-state index is -3.79. The quantitative estimate of drug-likeness (QED) is 0.157. The zero-order chi connectivity index (χ0) is 31.3. The van der Waals surface area contributed by atoms with Crippen molar-refractivity contribution in [1.29, 1.82) is 0 Å². The maximum Gasteiger partial charge on any atom is 0.269 e. The second kappa shape index (κ2) is 12.9. The van der Waals surface area contributed by atoms with Gasteiger partial charge in [0.1, 0.15) is 5.25 Å². The van der Waals surface area contributed by atoms with Crippen molar-refractivity contribution in [3.05, 3.63) is 129 Å². The van der Waals surface area contributed by atoms with Gasteiger partial charge in [0.15, 0.2) is 9.84 Å². The molecule has 0 saturated heterocycles. The molecule has 4 rings (SSSR count). The van der Waals surface area contributed by atoms with Crippen molar-refractivity contribution in [3.8, 4) is 23.7 Å². The maximum atomic E-state index is 13.6. The molecule has 0 saturated carbocycles. The molecule has 1 aliphatic rings. The minimum Gasteiger partial charge on any atom is -0.258 e. The van der Waals surface area contributed by atoms with Gasteiger partial charge in [-0.25, -0.2) is 8.42 Å². The summed E-state index contributed by atoms with van der Waals surface area (Å²) in [5, 5.41) is 10.2. The van der Waals surface area contributed by atoms with E-state index >= 15 is 0 Å². The number of benzene rings is 3. The summed E-state index contributed by atoms with van der Waals surface area (Å²) in [5.41, 5.74) is 2.98. The van der Waals surface area contributed by atoms with Crippen LogP contribution in [0.25, 0.3) is 0 Å². The summed E-state index contributed by atoms with van der Waals surface area (Å²) in [6.45, 7) is 10.7. The Morgan fingerprint density at radius 2 is 1.58 bits per heavy atom. The van der Waals surface area contributed by atoms with E-state index in [1.807, 2.05) is 24.3 Å². The van der Waals surface area contributed by atoms with Gasteiger partial charge in [-0.15, -0.1) is 0 Å². The van der Waals surface area contributed by atoms with Gasteiger partial charge >= 0.3 is 0 Å². The number of hydrogen-bond donors (Lipinski definition) is 0. The molecule has 2 atom stereocenters. The van der Waals surface area contributed by atoms with Crippen LogP contribution in [0.3, 0.4) is 0 Å². The normalized spacial score (nSPS) is 15.7. The van der Waals surface area contributed by atoms with E-state index in [1.54, 1.807) is 30.3 Å². The van der Waals surface area contributed by atoms with Gasteiger partial charge in [0.25, 0.3) is 5.69 Å². The van der Waals surface area contributed by atoms with Gasteiger partial charge in [0.2, 0.25) is 0 Å². The molecule has 0 spiro atoms. The number of sulfone groups is 1.